The van der Waals surface area contributed by atoms with Gasteiger partial charge in [0.15, 0.2) is 0 Å². The average molecular weight is 748 g/mol. The van der Waals surface area contributed by atoms with Crippen LogP contribution in [0.2, 0.25) is 0 Å². The Morgan fingerprint density at radius 1 is 0.569 bits per heavy atom. The summed E-state index contributed by atoms with van der Waals surface area (Å²) in [5.74, 6) is -0.583. The standard InChI is InChI=1S/C42H86NO7P/c1-7-9-11-13-15-17-19-21-23-25-27-29-31-33-36-47-38-41(39-49-51(45,46)48-37-35-43(4,5)6)50-42(44)40(3)34-32-30-28-26-24-22-20-18-16-14-12-10-8-2/h40-41H,7-39H2,1-6H3/t40-,41+/m1/s1. The zero-order valence-electron chi connectivity index (χ0n) is 34.7. The molecule has 0 spiro atoms. The predicted molar refractivity (Wildman–Crippen MR) is 213 cm³/mol. The van der Waals surface area contributed by atoms with Crippen molar-refractivity contribution >= 4 is 13.8 Å². The third-order valence-corrected chi connectivity index (χ3v) is 10.8. The number of hydrogen-bond donors (Lipinski definition) is 0. The number of phosphoric acid groups is 1. The number of rotatable bonds is 40. The first kappa shape index (κ1) is 50.5. The molecule has 0 N–H and O–H groups in total. The highest BCUT2D eigenvalue weighted by molar-refractivity contribution is 7.45. The van der Waals surface area contributed by atoms with Crippen molar-refractivity contribution in [3.8, 4) is 0 Å². The first-order valence-corrected chi connectivity index (χ1v) is 23.2. The fraction of sp³-hybridized carbons (Fsp3) is 0.976. The van der Waals surface area contributed by atoms with Gasteiger partial charge in [-0.3, -0.25) is 9.36 Å². The van der Waals surface area contributed by atoms with Crippen LogP contribution >= 0.6 is 7.82 Å². The van der Waals surface area contributed by atoms with Crippen molar-refractivity contribution in [2.45, 2.75) is 207 Å². The molecule has 0 aliphatic carbocycles. The number of ether oxygens (including phenoxy) is 2. The first-order valence-electron chi connectivity index (χ1n) is 21.7. The molecule has 3 atom stereocenters. The third-order valence-electron chi connectivity index (χ3n) is 9.80. The Hall–Kier alpha value is -0.500. The molecule has 0 heterocycles. The van der Waals surface area contributed by atoms with Crippen molar-refractivity contribution in [2.75, 3.05) is 54.1 Å². The Balaban J connectivity index is 4.34. The molecule has 8 nitrogen and oxygen atoms in total. The maximum atomic E-state index is 13.0. The Kier molecular flexibility index (Phi) is 34.9. The number of unbranched alkanes of at least 4 members (excludes halogenated alkanes) is 25. The van der Waals surface area contributed by atoms with E-state index in [-0.39, 0.29) is 31.7 Å². The Morgan fingerprint density at radius 3 is 1.37 bits per heavy atom. The topological polar surface area (TPSA) is 94.1 Å². The van der Waals surface area contributed by atoms with Crippen LogP contribution < -0.4 is 4.89 Å². The molecule has 51 heavy (non-hydrogen) atoms. The summed E-state index contributed by atoms with van der Waals surface area (Å²) in [5.41, 5.74) is 0. The smallest absolute Gasteiger partial charge is 0.309 e. The highest BCUT2D eigenvalue weighted by Crippen LogP contribution is 2.38. The lowest BCUT2D eigenvalue weighted by Crippen LogP contribution is -2.37. The second kappa shape index (κ2) is 35.2. The molecule has 0 fully saturated rings. The minimum Gasteiger partial charge on any atom is -0.756 e. The summed E-state index contributed by atoms with van der Waals surface area (Å²) in [7, 11) is 1.36. The van der Waals surface area contributed by atoms with Crippen LogP contribution in [-0.2, 0) is 27.9 Å². The minimum atomic E-state index is -4.53. The summed E-state index contributed by atoms with van der Waals surface area (Å²) < 4.78 is 34.8. The van der Waals surface area contributed by atoms with Gasteiger partial charge >= 0.3 is 5.97 Å². The van der Waals surface area contributed by atoms with Crippen LogP contribution in [0.5, 0.6) is 0 Å². The lowest BCUT2D eigenvalue weighted by atomic mass is 10.0. The molecule has 0 aliphatic rings. The molecule has 0 saturated heterocycles. The van der Waals surface area contributed by atoms with Gasteiger partial charge in [-0.2, -0.15) is 0 Å². The largest absolute Gasteiger partial charge is 0.756 e. The van der Waals surface area contributed by atoms with Crippen molar-refractivity contribution in [3.05, 3.63) is 0 Å². The van der Waals surface area contributed by atoms with Crippen molar-refractivity contribution in [2.24, 2.45) is 5.92 Å². The van der Waals surface area contributed by atoms with Crippen molar-refractivity contribution in [1.82, 2.24) is 0 Å². The molecule has 306 valence electrons. The first-order chi connectivity index (χ1) is 24.5. The van der Waals surface area contributed by atoms with Gasteiger partial charge < -0.3 is 27.9 Å². The van der Waals surface area contributed by atoms with Gasteiger partial charge in [-0.15, -0.1) is 0 Å². The number of quaternary nitrogens is 1. The van der Waals surface area contributed by atoms with Crippen molar-refractivity contribution in [3.63, 3.8) is 0 Å². The van der Waals surface area contributed by atoms with E-state index in [1.165, 1.54) is 148 Å². The van der Waals surface area contributed by atoms with Gasteiger partial charge in [0.25, 0.3) is 7.82 Å². The highest BCUT2D eigenvalue weighted by Gasteiger charge is 2.23. The number of esters is 1. The molecule has 0 rings (SSSR count). The third kappa shape index (κ3) is 37.6. The zero-order chi connectivity index (χ0) is 37.9. The molecule has 0 aromatic rings. The van der Waals surface area contributed by atoms with Gasteiger partial charge in [-0.1, -0.05) is 188 Å². The van der Waals surface area contributed by atoms with E-state index in [1.54, 1.807) is 0 Å². The van der Waals surface area contributed by atoms with E-state index in [9.17, 15) is 14.3 Å². The fourth-order valence-corrected chi connectivity index (χ4v) is 6.96. The minimum absolute atomic E-state index is 0.0283. The maximum absolute atomic E-state index is 13.0. The number of nitrogens with zero attached hydrogens (tertiary/aromatic N) is 1. The van der Waals surface area contributed by atoms with E-state index in [0.717, 1.165) is 32.1 Å². The van der Waals surface area contributed by atoms with Crippen molar-refractivity contribution in [1.29, 1.82) is 0 Å². The predicted octanol–water partition coefficient (Wildman–Crippen LogP) is 11.7. The fourth-order valence-electron chi connectivity index (χ4n) is 6.23. The molecule has 0 bridgehead atoms. The summed E-state index contributed by atoms with van der Waals surface area (Å²) in [6, 6.07) is 0. The van der Waals surface area contributed by atoms with Crippen LogP contribution in [0.4, 0.5) is 0 Å². The summed E-state index contributed by atoms with van der Waals surface area (Å²) >= 11 is 0. The van der Waals surface area contributed by atoms with Crippen LogP contribution in [-0.4, -0.2) is 70.7 Å². The van der Waals surface area contributed by atoms with Crippen LogP contribution in [0.3, 0.4) is 0 Å². The quantitative estimate of drug-likeness (QED) is 0.0266. The number of phosphoric ester groups is 1. The summed E-state index contributed by atoms with van der Waals surface area (Å²) in [6.07, 6.45) is 34.8. The van der Waals surface area contributed by atoms with E-state index in [4.69, 9.17) is 18.5 Å². The van der Waals surface area contributed by atoms with Gasteiger partial charge in [0, 0.05) is 6.61 Å². The van der Waals surface area contributed by atoms with E-state index >= 15 is 0 Å². The highest BCUT2D eigenvalue weighted by atomic mass is 31.2. The van der Waals surface area contributed by atoms with Gasteiger partial charge in [-0.25, -0.2) is 0 Å². The molecule has 1 unspecified atom stereocenters. The maximum Gasteiger partial charge on any atom is 0.309 e. The second-order valence-corrected chi connectivity index (χ2v) is 17.7. The molecular weight excluding hydrogens is 661 g/mol. The molecule has 0 aromatic carbocycles. The normalized spacial score (nSPS) is 14.4. The number of likely N-dealkylation sites (N-methyl/N-ethyl adjacent to an activating group) is 1. The molecule has 0 aromatic heterocycles. The SMILES string of the molecule is CCCCCCCCCCCCCCCCOC[C@@H](COP(=O)([O-])OCC[N+](C)(C)C)OC(=O)[C@H](C)CCCCCCCCCCCCCCC. The molecule has 0 amide bonds. The molecule has 0 saturated carbocycles. The Morgan fingerprint density at radius 2 is 0.961 bits per heavy atom. The summed E-state index contributed by atoms with van der Waals surface area (Å²) in [4.78, 5) is 25.4. The number of carbonyl (C=O) groups is 1. The number of carbonyl (C=O) groups excluding carboxylic acids is 1. The van der Waals surface area contributed by atoms with Crippen molar-refractivity contribution < 1.29 is 37.3 Å². The number of hydrogen-bond acceptors (Lipinski definition) is 7. The van der Waals surface area contributed by atoms with Gasteiger partial charge in [0.1, 0.15) is 19.3 Å². The van der Waals surface area contributed by atoms with Crippen LogP contribution in [0.15, 0.2) is 0 Å². The van der Waals surface area contributed by atoms with Crippen LogP contribution in [0, 0.1) is 5.92 Å². The lowest BCUT2D eigenvalue weighted by molar-refractivity contribution is -0.870. The molecule has 9 heteroatoms. The monoisotopic (exact) mass is 748 g/mol. The molecule has 0 aliphatic heterocycles. The summed E-state index contributed by atoms with van der Waals surface area (Å²) in [6.45, 7) is 7.33. The lowest BCUT2D eigenvalue weighted by Gasteiger charge is -2.28. The van der Waals surface area contributed by atoms with E-state index in [2.05, 4.69) is 13.8 Å². The van der Waals surface area contributed by atoms with E-state index in [1.807, 2.05) is 28.1 Å². The molecule has 0 radical (unpaired) electrons. The Bertz CT molecular complexity index is 807. The second-order valence-electron chi connectivity index (χ2n) is 16.3. The average Bonchev–Trinajstić information content (AvgIpc) is 3.08. The van der Waals surface area contributed by atoms with Crippen LogP contribution in [0.25, 0.3) is 0 Å². The zero-order valence-corrected chi connectivity index (χ0v) is 35.6. The van der Waals surface area contributed by atoms with E-state index < -0.39 is 13.9 Å². The summed E-state index contributed by atoms with van der Waals surface area (Å²) in [5, 5.41) is 0. The Labute approximate surface area is 317 Å². The molecular formula is C42H86NO7P. The van der Waals surface area contributed by atoms with Gasteiger partial charge in [0.05, 0.1) is 40.3 Å². The van der Waals surface area contributed by atoms with Gasteiger partial charge in [-0.05, 0) is 12.8 Å². The van der Waals surface area contributed by atoms with Crippen LogP contribution in [0.1, 0.15) is 201 Å². The van der Waals surface area contributed by atoms with Gasteiger partial charge in [0.2, 0.25) is 0 Å². The van der Waals surface area contributed by atoms with E-state index in [0.29, 0.717) is 17.6 Å².